The van der Waals surface area contributed by atoms with Crippen molar-refractivity contribution in [2.75, 3.05) is 13.7 Å². The van der Waals surface area contributed by atoms with E-state index in [2.05, 4.69) is 0 Å². The number of nitrogens with zero attached hydrogens (tertiary/aromatic N) is 1. The van der Waals surface area contributed by atoms with Gasteiger partial charge in [0.05, 0.1) is 18.6 Å². The van der Waals surface area contributed by atoms with Crippen molar-refractivity contribution in [2.45, 2.75) is 30.7 Å². The second kappa shape index (κ2) is 8.23. The minimum Gasteiger partial charge on any atom is -0.493 e. The van der Waals surface area contributed by atoms with Gasteiger partial charge < -0.3 is 34.6 Å². The fourth-order valence-electron chi connectivity index (χ4n) is 2.32. The number of aliphatic hydroxyl groups is 4. The number of hydrogen-bond donors (Lipinski definition) is 4. The largest absolute Gasteiger partial charge is 0.493 e. The number of hydrogen-bond acceptors (Lipinski definition) is 9. The number of ether oxygens (including phenoxy) is 3. The fourth-order valence-corrected chi connectivity index (χ4v) is 2.32. The van der Waals surface area contributed by atoms with Crippen molar-refractivity contribution in [1.82, 2.24) is 0 Å². The number of aliphatic hydroxyl groups excluding tert-OH is 4. The first-order valence-corrected chi connectivity index (χ1v) is 7.34. The van der Waals surface area contributed by atoms with E-state index in [1.807, 2.05) is 0 Å². The standard InChI is InChI=1S/C15H19NO9/c1-23-10-6-8(4-5-16(21)22)2-3-9(10)24-15-14(20)13(19)12(18)11(7-17)25-15/h2-6,11-15,17-20H,7H2,1H3/b5-4-. The van der Waals surface area contributed by atoms with Crippen molar-refractivity contribution in [1.29, 1.82) is 0 Å². The Bertz CT molecular complexity index is 633. The highest BCUT2D eigenvalue weighted by molar-refractivity contribution is 5.55. The monoisotopic (exact) mass is 357 g/mol. The predicted molar refractivity (Wildman–Crippen MR) is 83.4 cm³/mol. The lowest BCUT2D eigenvalue weighted by Crippen LogP contribution is -2.60. The second-order valence-electron chi connectivity index (χ2n) is 5.33. The van der Waals surface area contributed by atoms with Gasteiger partial charge in [-0.05, 0) is 17.7 Å². The van der Waals surface area contributed by atoms with Gasteiger partial charge in [-0.2, -0.15) is 0 Å². The first-order valence-electron chi connectivity index (χ1n) is 7.34. The maximum absolute atomic E-state index is 10.4. The van der Waals surface area contributed by atoms with Crippen LogP contribution >= 0.6 is 0 Å². The maximum Gasteiger partial charge on any atom is 0.235 e. The Labute approximate surface area is 142 Å². The number of rotatable bonds is 6. The number of methoxy groups -OCH3 is 1. The molecule has 1 aromatic carbocycles. The van der Waals surface area contributed by atoms with Gasteiger partial charge in [0.25, 0.3) is 0 Å². The summed E-state index contributed by atoms with van der Waals surface area (Å²) in [5.41, 5.74) is 0.481. The van der Waals surface area contributed by atoms with Gasteiger partial charge in [-0.25, -0.2) is 0 Å². The molecule has 0 bridgehead atoms. The molecule has 0 amide bonds. The molecule has 0 aromatic heterocycles. The third-order valence-electron chi connectivity index (χ3n) is 3.67. The molecular weight excluding hydrogens is 338 g/mol. The van der Waals surface area contributed by atoms with Crippen molar-refractivity contribution >= 4 is 6.08 Å². The van der Waals surface area contributed by atoms with Crippen LogP contribution in [0.25, 0.3) is 6.08 Å². The molecule has 2 rings (SSSR count). The van der Waals surface area contributed by atoms with Gasteiger partial charge in [0.15, 0.2) is 11.5 Å². The van der Waals surface area contributed by atoms with Crippen LogP contribution in [0.4, 0.5) is 0 Å². The van der Waals surface area contributed by atoms with Crippen LogP contribution in [0.2, 0.25) is 0 Å². The molecule has 4 N–H and O–H groups in total. The maximum atomic E-state index is 10.4. The Kier molecular flexibility index (Phi) is 6.28. The highest BCUT2D eigenvalue weighted by Crippen LogP contribution is 2.32. The Balaban J connectivity index is 2.19. The van der Waals surface area contributed by atoms with E-state index in [9.17, 15) is 25.4 Å². The van der Waals surface area contributed by atoms with Crippen LogP contribution in [-0.2, 0) is 4.74 Å². The zero-order valence-corrected chi connectivity index (χ0v) is 13.3. The third-order valence-corrected chi connectivity index (χ3v) is 3.67. The van der Waals surface area contributed by atoms with Crippen LogP contribution in [0.15, 0.2) is 24.4 Å². The van der Waals surface area contributed by atoms with Crippen LogP contribution < -0.4 is 9.47 Å². The molecule has 0 radical (unpaired) electrons. The summed E-state index contributed by atoms with van der Waals surface area (Å²) in [4.78, 5) is 9.76. The first-order chi connectivity index (χ1) is 11.9. The number of benzene rings is 1. The quantitative estimate of drug-likeness (QED) is 0.376. The second-order valence-corrected chi connectivity index (χ2v) is 5.33. The van der Waals surface area contributed by atoms with Gasteiger partial charge in [0, 0.05) is 6.08 Å². The van der Waals surface area contributed by atoms with E-state index in [-0.39, 0.29) is 11.5 Å². The molecule has 1 fully saturated rings. The Morgan fingerprint density at radius 3 is 2.56 bits per heavy atom. The van der Waals surface area contributed by atoms with E-state index in [1.165, 1.54) is 31.4 Å². The van der Waals surface area contributed by atoms with E-state index >= 15 is 0 Å². The van der Waals surface area contributed by atoms with Gasteiger partial charge in [0.2, 0.25) is 12.5 Å². The lowest BCUT2D eigenvalue weighted by atomic mass is 9.99. The minimum atomic E-state index is -1.57. The SMILES string of the molecule is COc1cc(/C=C\[N+](=O)[O-])ccc1OC1OC(CO)C(O)C(O)C1O. The zero-order chi connectivity index (χ0) is 18.6. The summed E-state index contributed by atoms with van der Waals surface area (Å²) >= 11 is 0. The van der Waals surface area contributed by atoms with Gasteiger partial charge in [-0.1, -0.05) is 6.07 Å². The highest BCUT2D eigenvalue weighted by Gasteiger charge is 2.44. The molecule has 0 saturated carbocycles. The van der Waals surface area contributed by atoms with Crippen molar-refractivity contribution in [3.63, 3.8) is 0 Å². The van der Waals surface area contributed by atoms with Crippen LogP contribution in [-0.4, -0.2) is 69.8 Å². The molecule has 1 heterocycles. The van der Waals surface area contributed by atoms with Crippen molar-refractivity contribution < 1.29 is 39.6 Å². The summed E-state index contributed by atoms with van der Waals surface area (Å²) in [5, 5.41) is 49.0. The lowest BCUT2D eigenvalue weighted by Gasteiger charge is -2.39. The average Bonchev–Trinajstić information content (AvgIpc) is 2.60. The Morgan fingerprint density at radius 2 is 1.96 bits per heavy atom. The van der Waals surface area contributed by atoms with E-state index in [0.29, 0.717) is 5.56 Å². The van der Waals surface area contributed by atoms with Crippen LogP contribution in [0.3, 0.4) is 0 Å². The van der Waals surface area contributed by atoms with Gasteiger partial charge in [-0.3, -0.25) is 10.1 Å². The van der Waals surface area contributed by atoms with Crippen LogP contribution in [0, 0.1) is 10.1 Å². The zero-order valence-electron chi connectivity index (χ0n) is 13.3. The van der Waals surface area contributed by atoms with E-state index in [0.717, 1.165) is 6.20 Å². The average molecular weight is 357 g/mol. The van der Waals surface area contributed by atoms with Crippen molar-refractivity contribution in [3.05, 3.63) is 40.1 Å². The summed E-state index contributed by atoms with van der Waals surface area (Å²) in [5.74, 6) is 0.354. The summed E-state index contributed by atoms with van der Waals surface area (Å²) in [7, 11) is 1.36. The Hall–Kier alpha value is -2.24. The molecule has 138 valence electrons. The molecule has 25 heavy (non-hydrogen) atoms. The molecule has 0 aliphatic carbocycles. The molecule has 0 spiro atoms. The van der Waals surface area contributed by atoms with Crippen molar-refractivity contribution in [3.8, 4) is 11.5 Å². The first kappa shape index (κ1) is 19.1. The Morgan fingerprint density at radius 1 is 1.24 bits per heavy atom. The molecule has 5 atom stereocenters. The molecule has 1 saturated heterocycles. The van der Waals surface area contributed by atoms with Gasteiger partial charge in [-0.15, -0.1) is 0 Å². The fraction of sp³-hybridized carbons (Fsp3) is 0.467. The van der Waals surface area contributed by atoms with E-state index in [1.54, 1.807) is 0 Å². The summed E-state index contributed by atoms with van der Waals surface area (Å²) in [6, 6.07) is 4.43. The lowest BCUT2D eigenvalue weighted by molar-refractivity contribution is -0.400. The molecule has 1 aromatic rings. The topological polar surface area (TPSA) is 152 Å². The number of nitro groups is 1. The van der Waals surface area contributed by atoms with E-state index in [4.69, 9.17) is 19.3 Å². The van der Waals surface area contributed by atoms with E-state index < -0.39 is 42.2 Å². The molecule has 10 nitrogen and oxygen atoms in total. The molecule has 5 unspecified atom stereocenters. The third kappa shape index (κ3) is 4.44. The summed E-state index contributed by atoms with van der Waals surface area (Å²) in [6.45, 7) is -0.577. The van der Waals surface area contributed by atoms with Crippen LogP contribution in [0.1, 0.15) is 5.56 Å². The minimum absolute atomic E-state index is 0.144. The smallest absolute Gasteiger partial charge is 0.235 e. The van der Waals surface area contributed by atoms with Gasteiger partial charge in [0.1, 0.15) is 24.4 Å². The van der Waals surface area contributed by atoms with Gasteiger partial charge >= 0.3 is 0 Å². The predicted octanol–water partition coefficient (Wildman–Crippen LogP) is -0.879. The summed E-state index contributed by atoms with van der Waals surface area (Å²) in [6.07, 6.45) is -5.04. The van der Waals surface area contributed by atoms with Crippen molar-refractivity contribution in [2.24, 2.45) is 0 Å². The molecular formula is C15H19NO9. The van der Waals surface area contributed by atoms with Crippen LogP contribution in [0.5, 0.6) is 11.5 Å². The molecule has 1 aliphatic heterocycles. The highest BCUT2D eigenvalue weighted by atomic mass is 16.7. The summed E-state index contributed by atoms with van der Waals surface area (Å²) < 4.78 is 15.9. The molecule has 10 heteroatoms. The molecule has 1 aliphatic rings. The normalized spacial score (nSPS) is 29.6.